The molecule has 5 nitrogen and oxygen atoms in total. The molecule has 3 aromatic rings. The molecule has 0 aliphatic heterocycles. The Labute approximate surface area is 131 Å². The molecule has 0 aliphatic rings. The van der Waals surface area contributed by atoms with Crippen molar-refractivity contribution >= 4 is 26.9 Å². The van der Waals surface area contributed by atoms with Crippen molar-refractivity contribution in [3.05, 3.63) is 46.7 Å². The molecular formula is C15H17BrN4O. The Morgan fingerprint density at radius 1 is 1.38 bits per heavy atom. The first-order valence-electron chi connectivity index (χ1n) is 6.88. The van der Waals surface area contributed by atoms with Crippen molar-refractivity contribution in [1.82, 2.24) is 14.8 Å². The third kappa shape index (κ3) is 2.73. The molecule has 110 valence electrons. The van der Waals surface area contributed by atoms with Crippen molar-refractivity contribution in [2.45, 2.75) is 32.4 Å². The number of benzene rings is 1. The standard InChI is InChI=1S/C15H17BrN4O/c1-9(2)20-14(18-8-19-20)7-12(17)13-6-10-4-3-5-11(16)15(10)21-13/h3-6,8-9,12H,7,17H2,1-2H3. The van der Waals surface area contributed by atoms with Gasteiger partial charge in [-0.2, -0.15) is 5.10 Å². The minimum absolute atomic E-state index is 0.244. The van der Waals surface area contributed by atoms with Crippen LogP contribution in [0.15, 0.2) is 39.5 Å². The predicted molar refractivity (Wildman–Crippen MR) is 85.0 cm³/mol. The average Bonchev–Trinajstić information content (AvgIpc) is 3.05. The van der Waals surface area contributed by atoms with E-state index in [1.54, 1.807) is 6.33 Å². The summed E-state index contributed by atoms with van der Waals surface area (Å²) in [5.74, 6) is 1.63. The van der Waals surface area contributed by atoms with E-state index < -0.39 is 0 Å². The van der Waals surface area contributed by atoms with Crippen LogP contribution < -0.4 is 5.73 Å². The van der Waals surface area contributed by atoms with E-state index in [-0.39, 0.29) is 12.1 Å². The Morgan fingerprint density at radius 3 is 2.90 bits per heavy atom. The Balaban J connectivity index is 1.88. The highest BCUT2D eigenvalue weighted by Crippen LogP contribution is 2.30. The molecular weight excluding hydrogens is 332 g/mol. The maximum atomic E-state index is 6.28. The number of rotatable bonds is 4. The third-order valence-electron chi connectivity index (χ3n) is 3.42. The topological polar surface area (TPSA) is 69.9 Å². The summed E-state index contributed by atoms with van der Waals surface area (Å²) in [6, 6.07) is 7.95. The van der Waals surface area contributed by atoms with Crippen LogP contribution >= 0.6 is 15.9 Å². The molecule has 0 saturated carbocycles. The normalized spacial score (nSPS) is 13.2. The Morgan fingerprint density at radius 2 is 2.19 bits per heavy atom. The second kappa shape index (κ2) is 5.61. The fourth-order valence-corrected chi connectivity index (χ4v) is 2.84. The van der Waals surface area contributed by atoms with Gasteiger partial charge in [0, 0.05) is 17.8 Å². The average molecular weight is 349 g/mol. The van der Waals surface area contributed by atoms with E-state index in [9.17, 15) is 0 Å². The first-order valence-corrected chi connectivity index (χ1v) is 7.67. The number of hydrogen-bond acceptors (Lipinski definition) is 4. The Bertz CT molecular complexity index is 762. The molecule has 0 saturated heterocycles. The van der Waals surface area contributed by atoms with Gasteiger partial charge in [-0.3, -0.25) is 0 Å². The van der Waals surface area contributed by atoms with Crippen LogP contribution in [0.25, 0.3) is 11.0 Å². The number of halogens is 1. The molecule has 21 heavy (non-hydrogen) atoms. The van der Waals surface area contributed by atoms with Gasteiger partial charge in [-0.05, 0) is 41.9 Å². The minimum atomic E-state index is -0.244. The highest BCUT2D eigenvalue weighted by molar-refractivity contribution is 9.10. The molecule has 1 unspecified atom stereocenters. The maximum Gasteiger partial charge on any atom is 0.148 e. The summed E-state index contributed by atoms with van der Waals surface area (Å²) < 4.78 is 8.70. The smallest absolute Gasteiger partial charge is 0.148 e. The monoisotopic (exact) mass is 348 g/mol. The SMILES string of the molecule is CC(C)n1ncnc1CC(N)c1cc2cccc(Br)c2o1. The van der Waals surface area contributed by atoms with E-state index in [1.165, 1.54) is 0 Å². The van der Waals surface area contributed by atoms with Crippen LogP contribution in [0.4, 0.5) is 0 Å². The molecule has 1 atom stereocenters. The molecule has 2 N–H and O–H groups in total. The van der Waals surface area contributed by atoms with Gasteiger partial charge < -0.3 is 10.2 Å². The second-order valence-electron chi connectivity index (χ2n) is 5.33. The van der Waals surface area contributed by atoms with Crippen molar-refractivity contribution in [1.29, 1.82) is 0 Å². The summed E-state index contributed by atoms with van der Waals surface area (Å²) in [5.41, 5.74) is 7.11. The first-order chi connectivity index (χ1) is 10.1. The molecule has 0 bridgehead atoms. The van der Waals surface area contributed by atoms with E-state index in [4.69, 9.17) is 10.2 Å². The zero-order valence-corrected chi connectivity index (χ0v) is 13.5. The van der Waals surface area contributed by atoms with Gasteiger partial charge >= 0.3 is 0 Å². The molecule has 0 radical (unpaired) electrons. The molecule has 6 heteroatoms. The van der Waals surface area contributed by atoms with E-state index in [0.29, 0.717) is 6.42 Å². The predicted octanol–water partition coefficient (Wildman–Crippen LogP) is 3.61. The first kappa shape index (κ1) is 14.3. The third-order valence-corrected chi connectivity index (χ3v) is 4.04. The van der Waals surface area contributed by atoms with Crippen molar-refractivity contribution < 1.29 is 4.42 Å². The zero-order valence-electron chi connectivity index (χ0n) is 12.0. The molecule has 0 amide bonds. The quantitative estimate of drug-likeness (QED) is 0.781. The van der Waals surface area contributed by atoms with Gasteiger partial charge in [0.2, 0.25) is 0 Å². The number of nitrogens with zero attached hydrogens (tertiary/aromatic N) is 3. The summed E-state index contributed by atoms with van der Waals surface area (Å²) >= 11 is 3.49. The Kier molecular flexibility index (Phi) is 3.82. The van der Waals surface area contributed by atoms with Crippen molar-refractivity contribution in [2.75, 3.05) is 0 Å². The van der Waals surface area contributed by atoms with Crippen LogP contribution in [-0.4, -0.2) is 14.8 Å². The van der Waals surface area contributed by atoms with E-state index in [1.807, 2.05) is 28.9 Å². The lowest BCUT2D eigenvalue weighted by Gasteiger charge is -2.12. The van der Waals surface area contributed by atoms with E-state index in [2.05, 4.69) is 39.9 Å². The largest absolute Gasteiger partial charge is 0.458 e. The zero-order chi connectivity index (χ0) is 15.0. The number of nitrogens with two attached hydrogens (primary N) is 1. The number of aromatic nitrogens is 3. The van der Waals surface area contributed by atoms with Crippen molar-refractivity contribution in [3.8, 4) is 0 Å². The highest BCUT2D eigenvalue weighted by Gasteiger charge is 2.17. The minimum Gasteiger partial charge on any atom is -0.458 e. The number of para-hydroxylation sites is 1. The van der Waals surface area contributed by atoms with Crippen molar-refractivity contribution in [2.24, 2.45) is 5.73 Å². The van der Waals surface area contributed by atoms with Crippen LogP contribution in [0, 0.1) is 0 Å². The summed E-state index contributed by atoms with van der Waals surface area (Å²) in [5, 5.41) is 5.27. The maximum absolute atomic E-state index is 6.28. The molecule has 0 aliphatic carbocycles. The molecule has 0 fully saturated rings. The van der Waals surface area contributed by atoms with Crippen LogP contribution in [0.2, 0.25) is 0 Å². The number of hydrogen-bond donors (Lipinski definition) is 1. The van der Waals surface area contributed by atoms with Gasteiger partial charge in [-0.15, -0.1) is 0 Å². The van der Waals surface area contributed by atoms with Gasteiger partial charge in [0.05, 0.1) is 10.5 Å². The molecule has 0 spiro atoms. The van der Waals surface area contributed by atoms with Crippen LogP contribution in [-0.2, 0) is 6.42 Å². The van der Waals surface area contributed by atoms with E-state index in [0.717, 1.165) is 27.0 Å². The fourth-order valence-electron chi connectivity index (χ4n) is 2.38. The molecule has 2 aromatic heterocycles. The summed E-state index contributed by atoms with van der Waals surface area (Å²) in [7, 11) is 0. The van der Waals surface area contributed by atoms with Crippen LogP contribution in [0.3, 0.4) is 0 Å². The summed E-state index contributed by atoms with van der Waals surface area (Å²) in [6.45, 7) is 4.14. The van der Waals surface area contributed by atoms with Crippen LogP contribution in [0.1, 0.15) is 37.5 Å². The summed E-state index contributed by atoms with van der Waals surface area (Å²) in [6.07, 6.45) is 2.16. The van der Waals surface area contributed by atoms with Crippen LogP contribution in [0.5, 0.6) is 0 Å². The van der Waals surface area contributed by atoms with Gasteiger partial charge in [0.1, 0.15) is 23.5 Å². The summed E-state index contributed by atoms with van der Waals surface area (Å²) in [4.78, 5) is 4.30. The molecule has 1 aromatic carbocycles. The Hall–Kier alpha value is -1.66. The van der Waals surface area contributed by atoms with E-state index >= 15 is 0 Å². The van der Waals surface area contributed by atoms with Gasteiger partial charge in [-0.1, -0.05) is 12.1 Å². The number of furan rings is 1. The number of fused-ring (bicyclic) bond motifs is 1. The van der Waals surface area contributed by atoms with Crippen molar-refractivity contribution in [3.63, 3.8) is 0 Å². The second-order valence-corrected chi connectivity index (χ2v) is 6.19. The van der Waals surface area contributed by atoms with Gasteiger partial charge in [0.15, 0.2) is 0 Å². The lowest BCUT2D eigenvalue weighted by molar-refractivity contribution is 0.458. The fraction of sp³-hybridized carbons (Fsp3) is 0.333. The lowest BCUT2D eigenvalue weighted by atomic mass is 10.1. The lowest BCUT2D eigenvalue weighted by Crippen LogP contribution is -2.17. The molecule has 2 heterocycles. The highest BCUT2D eigenvalue weighted by atomic mass is 79.9. The molecule has 3 rings (SSSR count). The van der Waals surface area contributed by atoms with Gasteiger partial charge in [-0.25, -0.2) is 9.67 Å². The van der Waals surface area contributed by atoms with Gasteiger partial charge in [0.25, 0.3) is 0 Å².